The van der Waals surface area contributed by atoms with E-state index in [0.717, 1.165) is 10.5 Å². The second-order valence-electron chi connectivity index (χ2n) is 6.68. The molecule has 0 aliphatic rings. The Kier molecular flexibility index (Phi) is 9.65. The summed E-state index contributed by atoms with van der Waals surface area (Å²) in [6, 6.07) is 0. The Morgan fingerprint density at radius 3 is 1.32 bits per heavy atom. The van der Waals surface area contributed by atoms with Gasteiger partial charge in [0.2, 0.25) is 0 Å². The maximum Gasteiger partial charge on any atom is 0.0199 e. The number of rotatable bonds is 10. The molecular formula is C16H34S3. The Morgan fingerprint density at radius 1 is 0.737 bits per heavy atom. The minimum Gasteiger partial charge on any atom is -0.157 e. The van der Waals surface area contributed by atoms with Crippen molar-refractivity contribution in [2.24, 2.45) is 0 Å². The summed E-state index contributed by atoms with van der Waals surface area (Å²) in [5.74, 6) is 2.51. The van der Waals surface area contributed by atoms with Crippen LogP contribution in [-0.2, 0) is 0 Å². The van der Waals surface area contributed by atoms with E-state index in [0.29, 0.717) is 9.49 Å². The van der Waals surface area contributed by atoms with Crippen LogP contribution in [0.3, 0.4) is 0 Å². The van der Waals surface area contributed by atoms with E-state index in [-0.39, 0.29) is 0 Å². The SMILES string of the molecule is CCC(C)SCC(C)(C)SC(C)(C)CSC(C)CC. The van der Waals surface area contributed by atoms with Crippen LogP contribution in [0.1, 0.15) is 68.2 Å². The number of hydrogen-bond donors (Lipinski definition) is 0. The average Bonchev–Trinajstić information content (AvgIpc) is 2.31. The Bertz CT molecular complexity index is 212. The summed E-state index contributed by atoms with van der Waals surface area (Å²) < 4.78 is 0.737. The summed E-state index contributed by atoms with van der Waals surface area (Å²) in [6.07, 6.45) is 2.55. The predicted molar refractivity (Wildman–Crippen MR) is 100 cm³/mol. The molecule has 0 saturated carbocycles. The van der Waals surface area contributed by atoms with Crippen LogP contribution in [0.4, 0.5) is 0 Å². The first-order valence-electron chi connectivity index (χ1n) is 7.55. The Morgan fingerprint density at radius 2 is 1.05 bits per heavy atom. The van der Waals surface area contributed by atoms with Crippen molar-refractivity contribution in [2.45, 2.75) is 88.2 Å². The molecule has 0 bridgehead atoms. The lowest BCUT2D eigenvalue weighted by Crippen LogP contribution is -2.31. The Balaban J connectivity index is 4.21. The molecule has 0 aliphatic heterocycles. The van der Waals surface area contributed by atoms with E-state index in [1.807, 2.05) is 0 Å². The van der Waals surface area contributed by atoms with Crippen LogP contribution in [-0.4, -0.2) is 31.5 Å². The molecule has 0 nitrogen and oxygen atoms in total. The van der Waals surface area contributed by atoms with Crippen molar-refractivity contribution in [1.29, 1.82) is 0 Å². The van der Waals surface area contributed by atoms with Crippen molar-refractivity contribution in [3.63, 3.8) is 0 Å². The predicted octanol–water partition coefficient (Wildman–Crippen LogP) is 6.34. The molecule has 0 N–H and O–H groups in total. The van der Waals surface area contributed by atoms with Gasteiger partial charge in [-0.1, -0.05) is 27.7 Å². The zero-order chi connectivity index (χ0) is 15.1. The van der Waals surface area contributed by atoms with Gasteiger partial charge in [-0.25, -0.2) is 0 Å². The fourth-order valence-corrected chi connectivity index (χ4v) is 5.95. The first-order valence-corrected chi connectivity index (χ1v) is 10.5. The summed E-state index contributed by atoms with van der Waals surface area (Å²) >= 11 is 6.42. The smallest absolute Gasteiger partial charge is 0.0199 e. The van der Waals surface area contributed by atoms with E-state index < -0.39 is 0 Å². The van der Waals surface area contributed by atoms with Gasteiger partial charge in [-0.15, -0.1) is 11.8 Å². The molecule has 19 heavy (non-hydrogen) atoms. The zero-order valence-corrected chi connectivity index (χ0v) is 16.7. The molecule has 0 heterocycles. The number of thioether (sulfide) groups is 3. The molecule has 0 spiro atoms. The maximum atomic E-state index is 2.41. The first-order chi connectivity index (χ1) is 8.62. The molecule has 0 amide bonds. The van der Waals surface area contributed by atoms with Crippen LogP contribution < -0.4 is 0 Å². The molecule has 0 aromatic rings. The van der Waals surface area contributed by atoms with E-state index in [9.17, 15) is 0 Å². The first kappa shape index (κ1) is 20.1. The Labute approximate surface area is 135 Å². The van der Waals surface area contributed by atoms with Gasteiger partial charge in [-0.3, -0.25) is 0 Å². The van der Waals surface area contributed by atoms with Crippen molar-refractivity contribution < 1.29 is 0 Å². The van der Waals surface area contributed by atoms with Gasteiger partial charge >= 0.3 is 0 Å². The molecule has 0 radical (unpaired) electrons. The minimum absolute atomic E-state index is 0.369. The van der Waals surface area contributed by atoms with Crippen molar-refractivity contribution in [3.05, 3.63) is 0 Å². The van der Waals surface area contributed by atoms with E-state index >= 15 is 0 Å². The van der Waals surface area contributed by atoms with Gasteiger partial charge < -0.3 is 0 Å². The van der Waals surface area contributed by atoms with E-state index in [1.165, 1.54) is 24.3 Å². The van der Waals surface area contributed by atoms with Gasteiger partial charge in [-0.05, 0) is 40.5 Å². The molecule has 0 rings (SSSR count). The highest BCUT2D eigenvalue weighted by Crippen LogP contribution is 2.41. The third kappa shape index (κ3) is 10.4. The van der Waals surface area contributed by atoms with Crippen LogP contribution in [0.5, 0.6) is 0 Å². The lowest BCUT2D eigenvalue weighted by Gasteiger charge is -2.35. The van der Waals surface area contributed by atoms with Gasteiger partial charge in [-0.2, -0.15) is 23.5 Å². The molecule has 2 atom stereocenters. The summed E-state index contributed by atoms with van der Waals surface area (Å²) in [4.78, 5) is 0. The van der Waals surface area contributed by atoms with Crippen LogP contribution in [0.15, 0.2) is 0 Å². The van der Waals surface area contributed by atoms with Crippen LogP contribution >= 0.6 is 35.3 Å². The average molecular weight is 323 g/mol. The Hall–Kier alpha value is 1.05. The van der Waals surface area contributed by atoms with Gasteiger partial charge in [0.05, 0.1) is 0 Å². The fourth-order valence-electron chi connectivity index (χ4n) is 1.73. The largest absolute Gasteiger partial charge is 0.157 e. The fraction of sp³-hybridized carbons (Fsp3) is 1.00. The standard InChI is InChI=1S/C16H34S3/c1-9-13(3)17-11-15(5,6)19-16(7,8)12-18-14(4)10-2/h13-14H,9-12H2,1-8H3. The van der Waals surface area contributed by atoms with Crippen LogP contribution in [0.2, 0.25) is 0 Å². The summed E-state index contributed by atoms with van der Waals surface area (Å²) in [6.45, 7) is 18.9. The molecule has 0 aromatic carbocycles. The molecule has 0 aliphatic carbocycles. The van der Waals surface area contributed by atoms with Crippen molar-refractivity contribution in [3.8, 4) is 0 Å². The molecular weight excluding hydrogens is 288 g/mol. The van der Waals surface area contributed by atoms with Crippen molar-refractivity contribution in [2.75, 3.05) is 11.5 Å². The van der Waals surface area contributed by atoms with E-state index in [1.54, 1.807) is 0 Å². The zero-order valence-electron chi connectivity index (χ0n) is 14.2. The molecule has 2 unspecified atom stereocenters. The lowest BCUT2D eigenvalue weighted by molar-refractivity contribution is 0.749. The van der Waals surface area contributed by atoms with E-state index in [4.69, 9.17) is 0 Å². The van der Waals surface area contributed by atoms with Crippen molar-refractivity contribution in [1.82, 2.24) is 0 Å². The quantitative estimate of drug-likeness (QED) is 0.460. The second kappa shape index (κ2) is 9.15. The third-order valence-electron chi connectivity index (χ3n) is 3.13. The molecule has 116 valence electrons. The van der Waals surface area contributed by atoms with Crippen molar-refractivity contribution >= 4 is 35.3 Å². The van der Waals surface area contributed by atoms with Crippen LogP contribution in [0, 0.1) is 0 Å². The maximum absolute atomic E-state index is 2.41. The summed E-state index contributed by atoms with van der Waals surface area (Å²) in [5, 5.41) is 1.58. The van der Waals surface area contributed by atoms with Crippen LogP contribution in [0.25, 0.3) is 0 Å². The highest BCUT2D eigenvalue weighted by atomic mass is 32.2. The van der Waals surface area contributed by atoms with E-state index in [2.05, 4.69) is 90.7 Å². The second-order valence-corrected chi connectivity index (χ2v) is 11.9. The monoisotopic (exact) mass is 322 g/mol. The topological polar surface area (TPSA) is 0 Å². The van der Waals surface area contributed by atoms with Gasteiger partial charge in [0.25, 0.3) is 0 Å². The normalized spacial score (nSPS) is 16.4. The highest BCUT2D eigenvalue weighted by Gasteiger charge is 2.30. The highest BCUT2D eigenvalue weighted by molar-refractivity contribution is 8.06. The molecule has 0 aromatic heterocycles. The molecule has 0 fully saturated rings. The minimum atomic E-state index is 0.369. The summed E-state index contributed by atoms with van der Waals surface area (Å²) in [5.41, 5.74) is 0. The third-order valence-corrected chi connectivity index (χ3v) is 8.47. The number of hydrogen-bond acceptors (Lipinski definition) is 3. The van der Waals surface area contributed by atoms with Gasteiger partial charge in [0.1, 0.15) is 0 Å². The van der Waals surface area contributed by atoms with Gasteiger partial charge in [0, 0.05) is 31.5 Å². The lowest BCUT2D eigenvalue weighted by atomic mass is 10.2. The molecule has 0 saturated heterocycles. The summed E-state index contributed by atoms with van der Waals surface area (Å²) in [7, 11) is 0. The molecule has 3 heteroatoms. The van der Waals surface area contributed by atoms with Gasteiger partial charge in [0.15, 0.2) is 0 Å².